The summed E-state index contributed by atoms with van der Waals surface area (Å²) in [5.41, 5.74) is 3.16. The van der Waals surface area contributed by atoms with Crippen molar-refractivity contribution in [3.63, 3.8) is 0 Å². The first kappa shape index (κ1) is 18.0. The molecule has 0 bridgehead atoms. The van der Waals surface area contributed by atoms with E-state index in [1.54, 1.807) is 12.1 Å². The summed E-state index contributed by atoms with van der Waals surface area (Å²) in [6.07, 6.45) is 1.86. The fourth-order valence-corrected chi connectivity index (χ4v) is 3.33. The van der Waals surface area contributed by atoms with Crippen molar-refractivity contribution in [1.82, 2.24) is 10.6 Å². The number of para-hydroxylation sites is 1. The summed E-state index contributed by atoms with van der Waals surface area (Å²) >= 11 is 0. The SMILES string of the molecule is CC(C)[C@H](NC(=O)Nc1ccccc1)C(=O)N[C@H]1CCc2ccccc21. The fraction of sp³-hybridized carbons (Fsp3) is 0.333. The first-order valence-electron chi connectivity index (χ1n) is 9.05. The van der Waals surface area contributed by atoms with E-state index in [1.807, 2.05) is 44.2 Å². The third-order valence-electron chi connectivity index (χ3n) is 4.72. The summed E-state index contributed by atoms with van der Waals surface area (Å²) in [6.45, 7) is 3.85. The van der Waals surface area contributed by atoms with Crippen molar-refractivity contribution < 1.29 is 9.59 Å². The van der Waals surface area contributed by atoms with E-state index in [4.69, 9.17) is 0 Å². The van der Waals surface area contributed by atoms with Gasteiger partial charge in [0.05, 0.1) is 6.04 Å². The summed E-state index contributed by atoms with van der Waals surface area (Å²) in [5, 5.41) is 8.67. The summed E-state index contributed by atoms with van der Waals surface area (Å²) in [5.74, 6) is -0.168. The van der Waals surface area contributed by atoms with Gasteiger partial charge in [0.2, 0.25) is 5.91 Å². The van der Waals surface area contributed by atoms with E-state index in [0.29, 0.717) is 5.69 Å². The molecular weight excluding hydrogens is 326 g/mol. The van der Waals surface area contributed by atoms with Crippen LogP contribution in [0.5, 0.6) is 0 Å². The molecule has 3 N–H and O–H groups in total. The monoisotopic (exact) mass is 351 g/mol. The molecule has 2 aromatic carbocycles. The van der Waals surface area contributed by atoms with Crippen LogP contribution in [0.15, 0.2) is 54.6 Å². The molecule has 136 valence electrons. The second-order valence-electron chi connectivity index (χ2n) is 6.98. The van der Waals surface area contributed by atoms with Crippen LogP contribution in [-0.4, -0.2) is 18.0 Å². The Balaban J connectivity index is 1.62. The van der Waals surface area contributed by atoms with E-state index in [9.17, 15) is 9.59 Å². The Morgan fingerprint density at radius 2 is 1.69 bits per heavy atom. The maximum absolute atomic E-state index is 12.8. The maximum atomic E-state index is 12.8. The Morgan fingerprint density at radius 1 is 1.00 bits per heavy atom. The highest BCUT2D eigenvalue weighted by molar-refractivity contribution is 5.93. The molecule has 2 aromatic rings. The second kappa shape index (κ2) is 8.04. The Labute approximate surface area is 154 Å². The first-order valence-corrected chi connectivity index (χ1v) is 9.05. The average molecular weight is 351 g/mol. The molecule has 0 aromatic heterocycles. The van der Waals surface area contributed by atoms with Crippen LogP contribution in [0.3, 0.4) is 0 Å². The predicted octanol–water partition coefficient (Wildman–Crippen LogP) is 3.64. The van der Waals surface area contributed by atoms with Crippen molar-refractivity contribution >= 4 is 17.6 Å². The number of hydrogen-bond acceptors (Lipinski definition) is 2. The largest absolute Gasteiger partial charge is 0.347 e. The summed E-state index contributed by atoms with van der Waals surface area (Å²) in [7, 11) is 0. The molecule has 3 rings (SSSR count). The second-order valence-corrected chi connectivity index (χ2v) is 6.98. The van der Waals surface area contributed by atoms with Crippen molar-refractivity contribution in [2.75, 3.05) is 5.32 Å². The number of anilines is 1. The Kier molecular flexibility index (Phi) is 5.56. The minimum atomic E-state index is -0.591. The molecule has 0 saturated carbocycles. The molecule has 2 atom stereocenters. The van der Waals surface area contributed by atoms with Crippen LogP contribution < -0.4 is 16.0 Å². The molecule has 0 radical (unpaired) electrons. The number of aryl methyl sites for hydroxylation is 1. The van der Waals surface area contributed by atoms with Crippen LogP contribution in [0, 0.1) is 5.92 Å². The standard InChI is InChI=1S/C21H25N3O2/c1-14(2)19(24-21(26)22-16-9-4-3-5-10-16)20(25)23-18-13-12-15-8-6-7-11-17(15)18/h3-11,14,18-19H,12-13H2,1-2H3,(H,23,25)(H2,22,24,26)/t18-,19-/m0/s1. The molecule has 26 heavy (non-hydrogen) atoms. The van der Waals surface area contributed by atoms with Crippen LogP contribution >= 0.6 is 0 Å². The molecule has 0 saturated heterocycles. The molecule has 3 amide bonds. The topological polar surface area (TPSA) is 70.2 Å². The predicted molar refractivity (Wildman–Crippen MR) is 103 cm³/mol. The Morgan fingerprint density at radius 3 is 2.42 bits per heavy atom. The number of nitrogens with one attached hydrogen (secondary N) is 3. The van der Waals surface area contributed by atoms with E-state index in [0.717, 1.165) is 12.8 Å². The lowest BCUT2D eigenvalue weighted by Crippen LogP contribution is -2.51. The zero-order chi connectivity index (χ0) is 18.5. The van der Waals surface area contributed by atoms with Crippen LogP contribution in [0.25, 0.3) is 0 Å². The van der Waals surface area contributed by atoms with E-state index in [1.165, 1.54) is 11.1 Å². The van der Waals surface area contributed by atoms with Gasteiger partial charge in [-0.3, -0.25) is 4.79 Å². The molecule has 0 spiro atoms. The van der Waals surface area contributed by atoms with Gasteiger partial charge in [-0.05, 0) is 42.0 Å². The Hall–Kier alpha value is -2.82. The molecule has 5 heteroatoms. The van der Waals surface area contributed by atoms with Gasteiger partial charge < -0.3 is 16.0 Å². The minimum Gasteiger partial charge on any atom is -0.347 e. The molecule has 1 aliphatic rings. The van der Waals surface area contributed by atoms with Crippen LogP contribution in [-0.2, 0) is 11.2 Å². The van der Waals surface area contributed by atoms with Crippen LogP contribution in [0.1, 0.15) is 37.4 Å². The first-order chi connectivity index (χ1) is 12.5. The quantitative estimate of drug-likeness (QED) is 0.770. The van der Waals surface area contributed by atoms with Crippen molar-refractivity contribution in [3.8, 4) is 0 Å². The molecule has 0 fully saturated rings. The zero-order valence-electron chi connectivity index (χ0n) is 15.2. The highest BCUT2D eigenvalue weighted by Crippen LogP contribution is 2.30. The van der Waals surface area contributed by atoms with Gasteiger partial charge in [0, 0.05) is 5.69 Å². The van der Waals surface area contributed by atoms with Gasteiger partial charge in [0.15, 0.2) is 0 Å². The lowest BCUT2D eigenvalue weighted by atomic mass is 10.0. The highest BCUT2D eigenvalue weighted by atomic mass is 16.2. The zero-order valence-corrected chi connectivity index (χ0v) is 15.2. The third kappa shape index (κ3) is 4.23. The lowest BCUT2D eigenvalue weighted by Gasteiger charge is -2.24. The number of carbonyl (C=O) groups is 2. The summed E-state index contributed by atoms with van der Waals surface area (Å²) in [4.78, 5) is 25.0. The lowest BCUT2D eigenvalue weighted by molar-refractivity contribution is -0.124. The highest BCUT2D eigenvalue weighted by Gasteiger charge is 2.29. The van der Waals surface area contributed by atoms with E-state index >= 15 is 0 Å². The number of benzene rings is 2. The molecule has 0 aliphatic heterocycles. The number of hydrogen-bond donors (Lipinski definition) is 3. The molecule has 0 heterocycles. The normalized spacial score (nSPS) is 16.7. The fourth-order valence-electron chi connectivity index (χ4n) is 3.33. The number of amides is 3. The van der Waals surface area contributed by atoms with Crippen molar-refractivity contribution in [2.24, 2.45) is 5.92 Å². The summed E-state index contributed by atoms with van der Waals surface area (Å²) in [6, 6.07) is 16.4. The smallest absolute Gasteiger partial charge is 0.319 e. The van der Waals surface area contributed by atoms with E-state index < -0.39 is 6.04 Å². The van der Waals surface area contributed by atoms with Crippen LogP contribution in [0.4, 0.5) is 10.5 Å². The Bertz CT molecular complexity index is 774. The molecule has 0 unspecified atom stereocenters. The van der Waals surface area contributed by atoms with Gasteiger partial charge >= 0.3 is 6.03 Å². The van der Waals surface area contributed by atoms with Gasteiger partial charge in [-0.1, -0.05) is 56.3 Å². The summed E-state index contributed by atoms with van der Waals surface area (Å²) < 4.78 is 0. The van der Waals surface area contributed by atoms with Gasteiger partial charge in [0.25, 0.3) is 0 Å². The number of rotatable bonds is 5. The maximum Gasteiger partial charge on any atom is 0.319 e. The molecule has 1 aliphatic carbocycles. The van der Waals surface area contributed by atoms with Crippen molar-refractivity contribution in [1.29, 1.82) is 0 Å². The minimum absolute atomic E-state index is 0.0129. The molecule has 5 nitrogen and oxygen atoms in total. The van der Waals surface area contributed by atoms with Gasteiger partial charge in [-0.25, -0.2) is 4.79 Å². The third-order valence-corrected chi connectivity index (χ3v) is 4.72. The average Bonchev–Trinajstić information content (AvgIpc) is 3.03. The number of urea groups is 1. The van der Waals surface area contributed by atoms with Gasteiger partial charge in [-0.15, -0.1) is 0 Å². The van der Waals surface area contributed by atoms with E-state index in [2.05, 4.69) is 28.1 Å². The number of fused-ring (bicyclic) bond motifs is 1. The van der Waals surface area contributed by atoms with Crippen molar-refractivity contribution in [3.05, 3.63) is 65.7 Å². The van der Waals surface area contributed by atoms with Gasteiger partial charge in [0.1, 0.15) is 6.04 Å². The van der Waals surface area contributed by atoms with Gasteiger partial charge in [-0.2, -0.15) is 0 Å². The number of carbonyl (C=O) groups excluding carboxylic acids is 2. The van der Waals surface area contributed by atoms with E-state index in [-0.39, 0.29) is 23.9 Å². The van der Waals surface area contributed by atoms with Crippen molar-refractivity contribution in [2.45, 2.75) is 38.8 Å². The van der Waals surface area contributed by atoms with Crippen LogP contribution in [0.2, 0.25) is 0 Å². The molecular formula is C21H25N3O2.